The molecule has 1 aliphatic heterocycles. The number of carbonyl (C=O) groups is 1. The molecule has 1 N–H and O–H groups in total. The summed E-state index contributed by atoms with van der Waals surface area (Å²) < 4.78 is 0. The van der Waals surface area contributed by atoms with Crippen molar-refractivity contribution in [2.75, 3.05) is 20.1 Å². The Morgan fingerprint density at radius 3 is 2.71 bits per heavy atom. The molecule has 0 aliphatic carbocycles. The van der Waals surface area contributed by atoms with Gasteiger partial charge in [0, 0.05) is 25.2 Å². The van der Waals surface area contributed by atoms with Crippen molar-refractivity contribution < 1.29 is 4.79 Å². The van der Waals surface area contributed by atoms with Crippen LogP contribution in [0.2, 0.25) is 0 Å². The number of carbonyl (C=O) groups excluding carboxylic acids is 1. The molecule has 88 valence electrons. The van der Waals surface area contributed by atoms with Crippen molar-refractivity contribution >= 4 is 5.91 Å². The van der Waals surface area contributed by atoms with Gasteiger partial charge in [-0.1, -0.05) is 0 Å². The molecule has 1 fully saturated rings. The summed E-state index contributed by atoms with van der Waals surface area (Å²) in [7, 11) is 1.83. The fraction of sp³-hybridized carbons (Fsp3) is 0.385. The molecule has 1 aromatic carbocycles. The van der Waals surface area contributed by atoms with E-state index in [1.807, 2.05) is 13.1 Å². The average molecular weight is 229 g/mol. The molecule has 1 amide bonds. The first-order valence-corrected chi connectivity index (χ1v) is 5.70. The highest BCUT2D eigenvalue weighted by Crippen LogP contribution is 2.12. The van der Waals surface area contributed by atoms with Gasteiger partial charge in [-0.2, -0.15) is 5.26 Å². The number of rotatable bonds is 2. The van der Waals surface area contributed by atoms with Gasteiger partial charge in [0.1, 0.15) is 0 Å². The summed E-state index contributed by atoms with van der Waals surface area (Å²) in [4.78, 5) is 13.9. The second-order valence-corrected chi connectivity index (χ2v) is 4.25. The third-order valence-electron chi connectivity index (χ3n) is 3.16. The van der Waals surface area contributed by atoms with E-state index in [1.165, 1.54) is 0 Å². The predicted octanol–water partition coefficient (Wildman–Crippen LogP) is 0.992. The lowest BCUT2D eigenvalue weighted by atomic mass is 10.1. The lowest BCUT2D eigenvalue weighted by Gasteiger charge is -2.23. The smallest absolute Gasteiger partial charge is 0.253 e. The van der Waals surface area contributed by atoms with Crippen LogP contribution in [0.4, 0.5) is 0 Å². The van der Waals surface area contributed by atoms with Gasteiger partial charge >= 0.3 is 0 Å². The molecular weight excluding hydrogens is 214 g/mol. The molecule has 0 saturated carbocycles. The summed E-state index contributed by atoms with van der Waals surface area (Å²) in [6, 6.07) is 9.08. The Morgan fingerprint density at radius 1 is 1.47 bits per heavy atom. The Morgan fingerprint density at radius 2 is 2.18 bits per heavy atom. The third-order valence-corrected chi connectivity index (χ3v) is 3.16. The molecule has 4 heteroatoms. The predicted molar refractivity (Wildman–Crippen MR) is 64.5 cm³/mol. The number of benzene rings is 1. The van der Waals surface area contributed by atoms with Crippen molar-refractivity contribution in [3.8, 4) is 6.07 Å². The Labute approximate surface area is 101 Å². The summed E-state index contributed by atoms with van der Waals surface area (Å²) in [5.41, 5.74) is 1.21. The van der Waals surface area contributed by atoms with Crippen molar-refractivity contribution in [1.29, 1.82) is 5.26 Å². The normalized spacial score (nSPS) is 18.7. The fourth-order valence-corrected chi connectivity index (χ4v) is 2.03. The zero-order valence-electron chi connectivity index (χ0n) is 9.81. The Balaban J connectivity index is 2.10. The van der Waals surface area contributed by atoms with Crippen LogP contribution >= 0.6 is 0 Å². The summed E-state index contributed by atoms with van der Waals surface area (Å²) in [5, 5.41) is 11.9. The molecular formula is C13H15N3O. The number of likely N-dealkylation sites (N-methyl/N-ethyl adjacent to an activating group) is 1. The van der Waals surface area contributed by atoms with Gasteiger partial charge in [0.2, 0.25) is 0 Å². The average Bonchev–Trinajstić information content (AvgIpc) is 2.91. The van der Waals surface area contributed by atoms with Crippen LogP contribution in [0.3, 0.4) is 0 Å². The molecule has 1 aliphatic rings. The second-order valence-electron chi connectivity index (χ2n) is 4.25. The van der Waals surface area contributed by atoms with Crippen LogP contribution in [-0.4, -0.2) is 37.0 Å². The molecule has 0 radical (unpaired) electrons. The van der Waals surface area contributed by atoms with Crippen molar-refractivity contribution in [3.05, 3.63) is 35.4 Å². The largest absolute Gasteiger partial charge is 0.337 e. The SMILES string of the molecule is CN(C(=O)c1ccc(C#N)cc1)C1CCNC1. The number of nitrogens with one attached hydrogen (secondary N) is 1. The monoisotopic (exact) mass is 229 g/mol. The lowest BCUT2D eigenvalue weighted by molar-refractivity contribution is 0.0744. The number of nitriles is 1. The van der Waals surface area contributed by atoms with Crippen molar-refractivity contribution in [1.82, 2.24) is 10.2 Å². The van der Waals surface area contributed by atoms with Crippen LogP contribution < -0.4 is 5.32 Å². The highest BCUT2D eigenvalue weighted by Gasteiger charge is 2.23. The van der Waals surface area contributed by atoms with Crippen molar-refractivity contribution in [3.63, 3.8) is 0 Å². The van der Waals surface area contributed by atoms with Gasteiger partial charge in [0.05, 0.1) is 11.6 Å². The number of nitrogens with zero attached hydrogens (tertiary/aromatic N) is 2. The number of hydrogen-bond donors (Lipinski definition) is 1. The summed E-state index contributed by atoms with van der Waals surface area (Å²) >= 11 is 0. The van der Waals surface area contributed by atoms with Crippen molar-refractivity contribution in [2.45, 2.75) is 12.5 Å². The minimum atomic E-state index is 0.0168. The maximum Gasteiger partial charge on any atom is 0.253 e. The number of hydrogen-bond acceptors (Lipinski definition) is 3. The molecule has 17 heavy (non-hydrogen) atoms. The molecule has 1 atom stereocenters. The van der Waals surface area contributed by atoms with Crippen LogP contribution in [0, 0.1) is 11.3 Å². The van der Waals surface area contributed by atoms with E-state index >= 15 is 0 Å². The van der Waals surface area contributed by atoms with Gasteiger partial charge in [-0.05, 0) is 37.2 Å². The molecule has 1 saturated heterocycles. The minimum absolute atomic E-state index is 0.0168. The summed E-state index contributed by atoms with van der Waals surface area (Å²) in [6.45, 7) is 1.83. The first-order chi connectivity index (χ1) is 8.22. The highest BCUT2D eigenvalue weighted by molar-refractivity contribution is 5.94. The van der Waals surface area contributed by atoms with Gasteiger partial charge in [-0.25, -0.2) is 0 Å². The Bertz CT molecular complexity index is 441. The van der Waals surface area contributed by atoms with Gasteiger partial charge in [0.15, 0.2) is 0 Å². The van der Waals surface area contributed by atoms with E-state index in [2.05, 4.69) is 5.32 Å². The van der Waals surface area contributed by atoms with Crippen LogP contribution in [0.1, 0.15) is 22.3 Å². The van der Waals surface area contributed by atoms with Crippen LogP contribution in [0.5, 0.6) is 0 Å². The Hall–Kier alpha value is -1.86. The second kappa shape index (κ2) is 4.98. The maximum absolute atomic E-state index is 12.1. The van der Waals surface area contributed by atoms with Gasteiger partial charge in [-0.3, -0.25) is 4.79 Å². The van der Waals surface area contributed by atoms with E-state index in [9.17, 15) is 4.79 Å². The molecule has 4 nitrogen and oxygen atoms in total. The minimum Gasteiger partial charge on any atom is -0.337 e. The van der Waals surface area contributed by atoms with Crippen molar-refractivity contribution in [2.24, 2.45) is 0 Å². The molecule has 0 bridgehead atoms. The molecule has 0 spiro atoms. The third kappa shape index (κ3) is 2.45. The van der Waals surface area contributed by atoms with Crippen LogP contribution in [0.15, 0.2) is 24.3 Å². The molecule has 1 heterocycles. The van der Waals surface area contributed by atoms with E-state index in [0.29, 0.717) is 11.1 Å². The standard InChI is InChI=1S/C13H15N3O/c1-16(12-6-7-15-9-12)13(17)11-4-2-10(8-14)3-5-11/h2-5,12,15H,6-7,9H2,1H3. The molecule has 1 aromatic rings. The number of amides is 1. The topological polar surface area (TPSA) is 56.1 Å². The molecule has 1 unspecified atom stereocenters. The van der Waals surface area contributed by atoms with Gasteiger partial charge in [-0.15, -0.1) is 0 Å². The van der Waals surface area contributed by atoms with E-state index in [1.54, 1.807) is 29.2 Å². The first kappa shape index (κ1) is 11.6. The fourth-order valence-electron chi connectivity index (χ4n) is 2.03. The van der Waals surface area contributed by atoms with E-state index in [4.69, 9.17) is 5.26 Å². The quantitative estimate of drug-likeness (QED) is 0.823. The van der Waals surface area contributed by atoms with E-state index in [-0.39, 0.29) is 11.9 Å². The lowest BCUT2D eigenvalue weighted by Crippen LogP contribution is -2.38. The zero-order valence-corrected chi connectivity index (χ0v) is 9.81. The maximum atomic E-state index is 12.1. The van der Waals surface area contributed by atoms with Crippen LogP contribution in [0.25, 0.3) is 0 Å². The van der Waals surface area contributed by atoms with E-state index in [0.717, 1.165) is 19.5 Å². The molecule has 2 rings (SSSR count). The zero-order chi connectivity index (χ0) is 12.3. The highest BCUT2D eigenvalue weighted by atomic mass is 16.2. The summed E-state index contributed by atoms with van der Waals surface area (Å²) in [6.07, 6.45) is 0.999. The van der Waals surface area contributed by atoms with Gasteiger partial charge < -0.3 is 10.2 Å². The van der Waals surface area contributed by atoms with Gasteiger partial charge in [0.25, 0.3) is 5.91 Å². The first-order valence-electron chi connectivity index (χ1n) is 5.70. The van der Waals surface area contributed by atoms with E-state index < -0.39 is 0 Å². The molecule has 0 aromatic heterocycles. The Kier molecular flexibility index (Phi) is 3.40. The van der Waals surface area contributed by atoms with Crippen LogP contribution in [-0.2, 0) is 0 Å². The summed E-state index contributed by atoms with van der Waals surface area (Å²) in [5.74, 6) is 0.0168.